The van der Waals surface area contributed by atoms with Crippen molar-refractivity contribution in [1.29, 1.82) is 0 Å². The van der Waals surface area contributed by atoms with E-state index in [9.17, 15) is 5.11 Å². The van der Waals surface area contributed by atoms with Crippen molar-refractivity contribution in [3.05, 3.63) is 18.0 Å². The van der Waals surface area contributed by atoms with Gasteiger partial charge >= 0.3 is 0 Å². The summed E-state index contributed by atoms with van der Waals surface area (Å²) in [6, 6.07) is 1.93. The average Bonchev–Trinajstić information content (AvgIpc) is 2.78. The van der Waals surface area contributed by atoms with E-state index in [0.717, 1.165) is 38.3 Å². The first kappa shape index (κ1) is 12.6. The van der Waals surface area contributed by atoms with E-state index >= 15 is 0 Å². The maximum Gasteiger partial charge on any atom is 0.0988 e. The van der Waals surface area contributed by atoms with Crippen molar-refractivity contribution in [3.8, 4) is 0 Å². The van der Waals surface area contributed by atoms with Crippen LogP contribution in [0.1, 0.15) is 38.5 Å². The molecular weight excluding hydrogens is 216 g/mol. The number of hydrogen-bond donors (Lipinski definition) is 1. The minimum Gasteiger partial charge on any atom is -0.387 e. The second kappa shape index (κ2) is 5.65. The van der Waals surface area contributed by atoms with E-state index in [1.807, 2.05) is 10.7 Å². The van der Waals surface area contributed by atoms with Gasteiger partial charge in [0.05, 0.1) is 11.8 Å². The standard InChI is InChI=1S/C13H22N2O2/c1-3-7-15-12(4-6-14-15)13(16)11-5-8-17-9-10(11)2/h4,6,10-11,13,16H,3,5,7-9H2,1-2H3. The van der Waals surface area contributed by atoms with Crippen LogP contribution in [-0.2, 0) is 11.3 Å². The number of aryl methyl sites for hydroxylation is 1. The maximum absolute atomic E-state index is 10.5. The van der Waals surface area contributed by atoms with Crippen molar-refractivity contribution >= 4 is 0 Å². The van der Waals surface area contributed by atoms with Gasteiger partial charge in [0.15, 0.2) is 0 Å². The first-order chi connectivity index (χ1) is 8.24. The van der Waals surface area contributed by atoms with Crippen LogP contribution in [0.2, 0.25) is 0 Å². The smallest absolute Gasteiger partial charge is 0.0988 e. The predicted octanol–water partition coefficient (Wildman–Crippen LogP) is 2.00. The van der Waals surface area contributed by atoms with Gasteiger partial charge in [0.2, 0.25) is 0 Å². The Morgan fingerprint density at radius 3 is 3.18 bits per heavy atom. The largest absolute Gasteiger partial charge is 0.387 e. The molecular formula is C13H22N2O2. The van der Waals surface area contributed by atoms with E-state index in [0.29, 0.717) is 5.92 Å². The third kappa shape index (κ3) is 2.69. The molecule has 1 aromatic heterocycles. The van der Waals surface area contributed by atoms with Crippen LogP contribution in [0.3, 0.4) is 0 Å². The molecule has 2 heterocycles. The van der Waals surface area contributed by atoms with Crippen LogP contribution in [0.5, 0.6) is 0 Å². The highest BCUT2D eigenvalue weighted by Crippen LogP contribution is 2.33. The molecule has 1 saturated heterocycles. The zero-order valence-corrected chi connectivity index (χ0v) is 10.7. The van der Waals surface area contributed by atoms with Gasteiger partial charge in [-0.2, -0.15) is 5.10 Å². The molecule has 96 valence electrons. The van der Waals surface area contributed by atoms with Crippen LogP contribution in [0.15, 0.2) is 12.3 Å². The third-order valence-corrected chi connectivity index (χ3v) is 3.60. The molecule has 3 atom stereocenters. The van der Waals surface area contributed by atoms with E-state index in [2.05, 4.69) is 18.9 Å². The van der Waals surface area contributed by atoms with Crippen molar-refractivity contribution in [3.63, 3.8) is 0 Å². The molecule has 0 aromatic carbocycles. The quantitative estimate of drug-likeness (QED) is 0.872. The predicted molar refractivity (Wildman–Crippen MR) is 65.6 cm³/mol. The molecule has 17 heavy (non-hydrogen) atoms. The summed E-state index contributed by atoms with van der Waals surface area (Å²) >= 11 is 0. The van der Waals surface area contributed by atoms with Crippen molar-refractivity contribution in [1.82, 2.24) is 9.78 Å². The highest BCUT2D eigenvalue weighted by Gasteiger charge is 2.31. The Balaban J connectivity index is 2.11. The van der Waals surface area contributed by atoms with Crippen LogP contribution in [0.25, 0.3) is 0 Å². The minimum atomic E-state index is -0.414. The lowest BCUT2D eigenvalue weighted by Gasteiger charge is -2.32. The van der Waals surface area contributed by atoms with E-state index in [-0.39, 0.29) is 5.92 Å². The summed E-state index contributed by atoms with van der Waals surface area (Å²) in [6.45, 7) is 6.65. The molecule has 0 spiro atoms. The first-order valence-corrected chi connectivity index (χ1v) is 6.51. The molecule has 1 N–H and O–H groups in total. The summed E-state index contributed by atoms with van der Waals surface area (Å²) in [5.74, 6) is 0.694. The molecule has 0 bridgehead atoms. The van der Waals surface area contributed by atoms with Crippen molar-refractivity contribution < 1.29 is 9.84 Å². The molecule has 1 fully saturated rings. The highest BCUT2D eigenvalue weighted by atomic mass is 16.5. The third-order valence-electron chi connectivity index (χ3n) is 3.60. The second-order valence-electron chi connectivity index (χ2n) is 4.93. The Morgan fingerprint density at radius 1 is 1.65 bits per heavy atom. The number of rotatable bonds is 4. The summed E-state index contributed by atoms with van der Waals surface area (Å²) < 4.78 is 7.35. The van der Waals surface area contributed by atoms with Gasteiger partial charge in [-0.1, -0.05) is 13.8 Å². The maximum atomic E-state index is 10.5. The molecule has 4 nitrogen and oxygen atoms in total. The summed E-state index contributed by atoms with van der Waals surface area (Å²) in [7, 11) is 0. The molecule has 1 aromatic rings. The summed E-state index contributed by atoms with van der Waals surface area (Å²) in [4.78, 5) is 0. The monoisotopic (exact) mass is 238 g/mol. The lowest BCUT2D eigenvalue weighted by Crippen LogP contribution is -2.31. The second-order valence-corrected chi connectivity index (χ2v) is 4.93. The van der Waals surface area contributed by atoms with Gasteiger partial charge in [-0.15, -0.1) is 0 Å². The summed E-state index contributed by atoms with van der Waals surface area (Å²) in [5, 5.41) is 14.8. The average molecular weight is 238 g/mol. The number of ether oxygens (including phenoxy) is 1. The van der Waals surface area contributed by atoms with Gasteiger partial charge in [-0.05, 0) is 30.7 Å². The molecule has 2 rings (SSSR count). The molecule has 1 aliphatic heterocycles. The van der Waals surface area contributed by atoms with Crippen LogP contribution in [-0.4, -0.2) is 28.1 Å². The van der Waals surface area contributed by atoms with Crippen molar-refractivity contribution in [2.24, 2.45) is 11.8 Å². The topological polar surface area (TPSA) is 47.3 Å². The Labute approximate surface area is 103 Å². The van der Waals surface area contributed by atoms with Gasteiger partial charge in [-0.25, -0.2) is 0 Å². The first-order valence-electron chi connectivity index (χ1n) is 6.51. The zero-order chi connectivity index (χ0) is 12.3. The summed E-state index contributed by atoms with van der Waals surface area (Å²) in [5.41, 5.74) is 0.950. The van der Waals surface area contributed by atoms with Gasteiger partial charge in [0.1, 0.15) is 0 Å². The lowest BCUT2D eigenvalue weighted by atomic mass is 9.84. The Morgan fingerprint density at radius 2 is 2.47 bits per heavy atom. The van der Waals surface area contributed by atoms with Crippen LogP contribution in [0, 0.1) is 11.8 Å². The van der Waals surface area contributed by atoms with Crippen molar-refractivity contribution in [2.75, 3.05) is 13.2 Å². The molecule has 0 aliphatic carbocycles. The normalized spacial score (nSPS) is 27.0. The number of aliphatic hydroxyl groups is 1. The Kier molecular flexibility index (Phi) is 4.18. The van der Waals surface area contributed by atoms with Gasteiger partial charge in [0, 0.05) is 26.0 Å². The molecule has 0 amide bonds. The van der Waals surface area contributed by atoms with Gasteiger partial charge in [-0.3, -0.25) is 4.68 Å². The van der Waals surface area contributed by atoms with E-state index in [1.165, 1.54) is 0 Å². The minimum absolute atomic E-state index is 0.288. The SMILES string of the molecule is CCCn1nccc1C(O)C1CCOCC1C. The lowest BCUT2D eigenvalue weighted by molar-refractivity contribution is -0.0337. The molecule has 3 unspecified atom stereocenters. The number of aliphatic hydroxyl groups excluding tert-OH is 1. The summed E-state index contributed by atoms with van der Waals surface area (Å²) in [6.07, 6.45) is 3.32. The molecule has 1 aliphatic rings. The van der Waals surface area contributed by atoms with Crippen LogP contribution >= 0.6 is 0 Å². The Hall–Kier alpha value is -0.870. The molecule has 4 heteroatoms. The van der Waals surface area contributed by atoms with E-state index in [1.54, 1.807) is 6.20 Å². The van der Waals surface area contributed by atoms with Gasteiger partial charge < -0.3 is 9.84 Å². The fraction of sp³-hybridized carbons (Fsp3) is 0.769. The fourth-order valence-electron chi connectivity index (χ4n) is 2.58. The Bertz CT molecular complexity index is 351. The van der Waals surface area contributed by atoms with E-state index in [4.69, 9.17) is 4.74 Å². The molecule has 0 saturated carbocycles. The number of aromatic nitrogens is 2. The zero-order valence-electron chi connectivity index (χ0n) is 10.7. The molecule has 0 radical (unpaired) electrons. The van der Waals surface area contributed by atoms with Crippen LogP contribution in [0.4, 0.5) is 0 Å². The number of nitrogens with zero attached hydrogens (tertiary/aromatic N) is 2. The fourth-order valence-corrected chi connectivity index (χ4v) is 2.58. The van der Waals surface area contributed by atoms with Crippen molar-refractivity contribution in [2.45, 2.75) is 39.3 Å². The number of hydrogen-bond acceptors (Lipinski definition) is 3. The van der Waals surface area contributed by atoms with Crippen LogP contribution < -0.4 is 0 Å². The van der Waals surface area contributed by atoms with E-state index < -0.39 is 6.10 Å². The van der Waals surface area contributed by atoms with Gasteiger partial charge in [0.25, 0.3) is 0 Å². The highest BCUT2D eigenvalue weighted by molar-refractivity contribution is 5.06.